The minimum atomic E-state index is -0.104. The number of hydrogen-bond acceptors (Lipinski definition) is 0. The molecule has 296 valence electrons. The van der Waals surface area contributed by atoms with Gasteiger partial charge in [0.1, 0.15) is 0 Å². The van der Waals surface area contributed by atoms with Crippen LogP contribution in [0.25, 0.3) is 104 Å². The number of fused-ring (bicyclic) bond motifs is 14. The number of nitrogens with zero attached hydrogens (tertiary/aromatic N) is 4. The van der Waals surface area contributed by atoms with Crippen molar-refractivity contribution in [1.82, 2.24) is 18.2 Å². The Hall–Kier alpha value is -7.76. The molecule has 4 aromatic heterocycles. The Morgan fingerprint density at radius 3 is 1.32 bits per heavy atom. The molecular formula is C58H41BN4. The van der Waals surface area contributed by atoms with E-state index >= 15 is 0 Å². The van der Waals surface area contributed by atoms with Gasteiger partial charge in [0, 0.05) is 71.2 Å². The van der Waals surface area contributed by atoms with Crippen molar-refractivity contribution in [3.63, 3.8) is 0 Å². The smallest absolute Gasteiger partial charge is 0.332 e. The molecule has 0 saturated heterocycles. The Balaban J connectivity index is 1.18. The first kappa shape index (κ1) is 34.9. The van der Waals surface area contributed by atoms with Crippen molar-refractivity contribution < 1.29 is 0 Å². The second-order valence-electron chi connectivity index (χ2n) is 18.0. The highest BCUT2D eigenvalue weighted by Gasteiger charge is 2.37. The Bertz CT molecular complexity index is 3980. The fraction of sp³-hybridized carbons (Fsp3) is 0.0690. The van der Waals surface area contributed by atoms with E-state index in [2.05, 4.69) is 222 Å². The summed E-state index contributed by atoms with van der Waals surface area (Å²) < 4.78 is 10.2. The standard InChI is InChI=1S/C58H41BN4/c1-34-27-36(3)56-45(29-34)46-30-35(2)28-37(4)57(46)63(56)59-48-19-9-14-24-55(48)62-54-26-25-38(60-50-20-10-5-15-40(50)41-16-6-11-21-51(41)60)31-44(54)47-32-39(33-49(59)58(47)62)61-52-22-12-7-17-42(52)43-18-8-13-23-53(43)61/h5-33H,1-4H3. The zero-order valence-electron chi connectivity index (χ0n) is 35.6. The van der Waals surface area contributed by atoms with Crippen molar-refractivity contribution in [2.45, 2.75) is 27.7 Å². The molecule has 5 heteroatoms. The lowest BCUT2D eigenvalue weighted by atomic mass is 9.48. The van der Waals surface area contributed by atoms with Crippen LogP contribution in [-0.4, -0.2) is 25.0 Å². The van der Waals surface area contributed by atoms with Crippen molar-refractivity contribution in [1.29, 1.82) is 0 Å². The molecule has 4 nitrogen and oxygen atoms in total. The van der Waals surface area contributed by atoms with Crippen LogP contribution in [0.3, 0.4) is 0 Å². The van der Waals surface area contributed by atoms with Gasteiger partial charge in [0.15, 0.2) is 0 Å². The van der Waals surface area contributed by atoms with Gasteiger partial charge in [0.05, 0.1) is 33.1 Å². The first-order valence-electron chi connectivity index (χ1n) is 22.1. The average Bonchev–Trinajstić information content (AvgIpc) is 4.02. The molecular weight excluding hydrogens is 763 g/mol. The maximum absolute atomic E-state index is 2.71. The molecule has 0 bridgehead atoms. The fourth-order valence-electron chi connectivity index (χ4n) is 12.0. The first-order valence-corrected chi connectivity index (χ1v) is 22.1. The van der Waals surface area contributed by atoms with E-state index in [1.807, 2.05) is 0 Å². The summed E-state index contributed by atoms with van der Waals surface area (Å²) in [5.41, 5.74) is 21.3. The van der Waals surface area contributed by atoms with Gasteiger partial charge >= 0.3 is 6.85 Å². The molecule has 0 saturated carbocycles. The summed E-state index contributed by atoms with van der Waals surface area (Å²) in [4.78, 5) is 0. The third-order valence-corrected chi connectivity index (χ3v) is 14.2. The molecule has 0 spiro atoms. The van der Waals surface area contributed by atoms with Gasteiger partial charge in [-0.2, -0.15) is 0 Å². The zero-order chi connectivity index (χ0) is 41.8. The summed E-state index contributed by atoms with van der Waals surface area (Å²) in [6.45, 7) is 8.98. The molecule has 0 N–H and O–H groups in total. The third kappa shape index (κ3) is 4.56. The number of para-hydroxylation sites is 5. The predicted molar refractivity (Wildman–Crippen MR) is 268 cm³/mol. The van der Waals surface area contributed by atoms with Crippen LogP contribution in [0.2, 0.25) is 0 Å². The number of benzene rings is 9. The van der Waals surface area contributed by atoms with E-state index < -0.39 is 0 Å². The van der Waals surface area contributed by atoms with E-state index in [9.17, 15) is 0 Å². The summed E-state index contributed by atoms with van der Waals surface area (Å²) in [6.07, 6.45) is 0. The molecule has 0 atom stereocenters. The number of rotatable bonds is 3. The fourth-order valence-corrected chi connectivity index (χ4v) is 12.0. The maximum atomic E-state index is 2.71. The van der Waals surface area contributed by atoms with E-state index in [-0.39, 0.29) is 6.85 Å². The normalized spacial score (nSPS) is 12.7. The van der Waals surface area contributed by atoms with Crippen LogP contribution in [0.1, 0.15) is 22.3 Å². The molecule has 0 unspecified atom stereocenters. The minimum absolute atomic E-state index is 0.104. The van der Waals surface area contributed by atoms with Gasteiger partial charge in [-0.3, -0.25) is 0 Å². The highest BCUT2D eigenvalue weighted by Crippen LogP contribution is 2.42. The van der Waals surface area contributed by atoms with Crippen molar-refractivity contribution >= 4 is 105 Å². The molecule has 63 heavy (non-hydrogen) atoms. The van der Waals surface area contributed by atoms with Gasteiger partial charge in [-0.1, -0.05) is 114 Å². The molecule has 1 aliphatic heterocycles. The van der Waals surface area contributed by atoms with E-state index in [1.54, 1.807) is 0 Å². The largest absolute Gasteiger partial charge is 0.375 e. The molecule has 0 amide bonds. The van der Waals surface area contributed by atoms with Gasteiger partial charge in [-0.25, -0.2) is 0 Å². The zero-order valence-corrected chi connectivity index (χ0v) is 35.6. The van der Waals surface area contributed by atoms with E-state index in [4.69, 9.17) is 0 Å². The van der Waals surface area contributed by atoms with Crippen molar-refractivity contribution in [3.8, 4) is 17.1 Å². The molecule has 0 fully saturated rings. The molecule has 14 rings (SSSR count). The average molecular weight is 805 g/mol. The van der Waals surface area contributed by atoms with E-state index in [0.717, 1.165) is 5.69 Å². The highest BCUT2D eigenvalue weighted by molar-refractivity contribution is 6.88. The van der Waals surface area contributed by atoms with Crippen LogP contribution in [-0.2, 0) is 0 Å². The monoisotopic (exact) mass is 804 g/mol. The van der Waals surface area contributed by atoms with Crippen LogP contribution in [0.4, 0.5) is 0 Å². The molecule has 0 radical (unpaired) electrons. The van der Waals surface area contributed by atoms with Gasteiger partial charge in [0.25, 0.3) is 0 Å². The summed E-state index contributed by atoms with van der Waals surface area (Å²) in [5, 5.41) is 10.2. The molecule has 13 aromatic rings. The van der Waals surface area contributed by atoms with E-state index in [0.29, 0.717) is 0 Å². The van der Waals surface area contributed by atoms with Crippen molar-refractivity contribution in [2.75, 3.05) is 0 Å². The van der Waals surface area contributed by atoms with Crippen LogP contribution >= 0.6 is 0 Å². The molecule has 0 aliphatic carbocycles. The number of hydrogen-bond donors (Lipinski definition) is 0. The number of aromatic nitrogens is 4. The Morgan fingerprint density at radius 1 is 0.317 bits per heavy atom. The van der Waals surface area contributed by atoms with Crippen LogP contribution in [0.15, 0.2) is 176 Å². The topological polar surface area (TPSA) is 19.7 Å². The lowest BCUT2D eigenvalue weighted by Crippen LogP contribution is -2.53. The summed E-state index contributed by atoms with van der Waals surface area (Å²) in [6, 6.07) is 66.3. The van der Waals surface area contributed by atoms with Crippen molar-refractivity contribution in [3.05, 3.63) is 198 Å². The summed E-state index contributed by atoms with van der Waals surface area (Å²) >= 11 is 0. The SMILES string of the molecule is Cc1cc(C)c2c(c1)c1cc(C)cc(C)c1n2B1c2ccccc2-n2c3ccc(-n4c5ccccc5c5ccccc54)cc3c3cc(-n4c5ccccc5c5ccccc54)cc1c32. The van der Waals surface area contributed by atoms with E-state index in [1.165, 1.54) is 132 Å². The van der Waals surface area contributed by atoms with Crippen LogP contribution < -0.4 is 10.9 Å². The van der Waals surface area contributed by atoms with Crippen molar-refractivity contribution in [2.24, 2.45) is 0 Å². The highest BCUT2D eigenvalue weighted by atomic mass is 15.0. The second-order valence-corrected chi connectivity index (χ2v) is 18.0. The van der Waals surface area contributed by atoms with Gasteiger partial charge < -0.3 is 18.2 Å². The lowest BCUT2D eigenvalue weighted by molar-refractivity contribution is 1.16. The van der Waals surface area contributed by atoms with Gasteiger partial charge in [-0.15, -0.1) is 0 Å². The third-order valence-electron chi connectivity index (χ3n) is 14.2. The number of aryl methyl sites for hydroxylation is 4. The quantitative estimate of drug-likeness (QED) is 0.159. The molecule has 1 aliphatic rings. The molecule has 9 aromatic carbocycles. The predicted octanol–water partition coefficient (Wildman–Crippen LogP) is 13.3. The molecule has 5 heterocycles. The van der Waals surface area contributed by atoms with Crippen LogP contribution in [0.5, 0.6) is 0 Å². The Morgan fingerprint density at radius 2 is 0.762 bits per heavy atom. The minimum Gasteiger partial charge on any atom is -0.375 e. The Labute approximate surface area is 364 Å². The Kier molecular flexibility index (Phi) is 6.88. The summed E-state index contributed by atoms with van der Waals surface area (Å²) in [5.74, 6) is 0. The second kappa shape index (κ2) is 12.4. The van der Waals surface area contributed by atoms with Crippen LogP contribution in [0, 0.1) is 27.7 Å². The van der Waals surface area contributed by atoms with Gasteiger partial charge in [-0.05, 0) is 123 Å². The first-order chi connectivity index (χ1) is 30.9. The maximum Gasteiger partial charge on any atom is 0.332 e. The van der Waals surface area contributed by atoms with Gasteiger partial charge in [0.2, 0.25) is 0 Å². The lowest BCUT2D eigenvalue weighted by Gasteiger charge is -2.29. The summed E-state index contributed by atoms with van der Waals surface area (Å²) in [7, 11) is 0.